The number of carbonyl (C=O) groups excluding carboxylic acids is 1. The van der Waals surface area contributed by atoms with Crippen LogP contribution in [0.3, 0.4) is 0 Å². The molecule has 1 saturated heterocycles. The second kappa shape index (κ2) is 5.36. The number of hydrogen-bond acceptors (Lipinski definition) is 3. The van der Waals surface area contributed by atoms with Crippen LogP contribution in [0.15, 0.2) is 0 Å². The smallest absolute Gasteiger partial charge is 0.233 e. The van der Waals surface area contributed by atoms with E-state index in [0.717, 1.165) is 32.5 Å². The van der Waals surface area contributed by atoms with Crippen molar-refractivity contribution in [3.05, 3.63) is 0 Å². The maximum atomic E-state index is 11.8. The zero-order valence-corrected chi connectivity index (χ0v) is 11.1. The van der Waals surface area contributed by atoms with Crippen molar-refractivity contribution < 1.29 is 9.53 Å². The maximum absolute atomic E-state index is 11.8. The van der Waals surface area contributed by atoms with Crippen molar-refractivity contribution >= 4 is 5.91 Å². The molecule has 0 aromatic carbocycles. The molecule has 0 unspecified atom stereocenters. The number of ether oxygens (including phenoxy) is 1. The highest BCUT2D eigenvalue weighted by Crippen LogP contribution is 2.36. The van der Waals surface area contributed by atoms with Gasteiger partial charge in [-0.15, -0.1) is 0 Å². The molecule has 98 valence electrons. The summed E-state index contributed by atoms with van der Waals surface area (Å²) >= 11 is 0. The first kappa shape index (κ1) is 12.8. The Bertz CT molecular complexity index is 265. The van der Waals surface area contributed by atoms with Crippen LogP contribution in [0.5, 0.6) is 0 Å². The van der Waals surface area contributed by atoms with Crippen LogP contribution < -0.4 is 0 Å². The summed E-state index contributed by atoms with van der Waals surface area (Å²) in [5.41, 5.74) is -0.0664. The molecule has 1 amide bonds. The number of rotatable bonds is 4. The molecular formula is C13H24N2O2. The van der Waals surface area contributed by atoms with Crippen molar-refractivity contribution in [3.8, 4) is 0 Å². The average molecular weight is 240 g/mol. The van der Waals surface area contributed by atoms with E-state index in [4.69, 9.17) is 4.74 Å². The van der Waals surface area contributed by atoms with E-state index in [2.05, 4.69) is 5.01 Å². The minimum absolute atomic E-state index is 0.0664. The monoisotopic (exact) mass is 240 g/mol. The molecule has 1 aliphatic heterocycles. The molecule has 4 heteroatoms. The normalized spacial score (nSPS) is 24.1. The van der Waals surface area contributed by atoms with Crippen LogP contribution in [0.4, 0.5) is 0 Å². The lowest BCUT2D eigenvalue weighted by atomic mass is 9.79. The predicted octanol–water partition coefficient (Wildman–Crippen LogP) is 1.80. The fourth-order valence-corrected chi connectivity index (χ4v) is 2.80. The summed E-state index contributed by atoms with van der Waals surface area (Å²) < 4.78 is 5.62. The van der Waals surface area contributed by atoms with Gasteiger partial charge in [-0.1, -0.05) is 6.42 Å². The van der Waals surface area contributed by atoms with Gasteiger partial charge in [-0.2, -0.15) is 0 Å². The van der Waals surface area contributed by atoms with E-state index in [-0.39, 0.29) is 11.5 Å². The van der Waals surface area contributed by atoms with E-state index < -0.39 is 0 Å². The van der Waals surface area contributed by atoms with Gasteiger partial charge in [0.15, 0.2) is 0 Å². The predicted molar refractivity (Wildman–Crippen MR) is 66.4 cm³/mol. The van der Waals surface area contributed by atoms with E-state index in [0.29, 0.717) is 0 Å². The van der Waals surface area contributed by atoms with E-state index in [9.17, 15) is 4.79 Å². The Balaban J connectivity index is 1.98. The number of amides is 1. The first-order valence-corrected chi connectivity index (χ1v) is 6.75. The van der Waals surface area contributed by atoms with Gasteiger partial charge in [0.05, 0.1) is 12.1 Å². The quantitative estimate of drug-likeness (QED) is 0.751. The van der Waals surface area contributed by atoms with E-state index >= 15 is 0 Å². The van der Waals surface area contributed by atoms with Gasteiger partial charge in [0.1, 0.15) is 0 Å². The standard InChI is InChI=1S/C13H24N2O2/c1-12(16)15(14-9-4-3-5-10-14)11-13(17-2)7-6-8-13/h3-11H2,1-2H3. The van der Waals surface area contributed by atoms with Crippen LogP contribution in [0, 0.1) is 0 Å². The highest BCUT2D eigenvalue weighted by Gasteiger charge is 2.40. The van der Waals surface area contributed by atoms with Crippen LogP contribution >= 0.6 is 0 Å². The van der Waals surface area contributed by atoms with E-state index in [1.54, 1.807) is 14.0 Å². The molecule has 0 bridgehead atoms. The summed E-state index contributed by atoms with van der Waals surface area (Å²) in [7, 11) is 1.77. The van der Waals surface area contributed by atoms with Crippen LogP contribution in [-0.4, -0.2) is 48.3 Å². The van der Waals surface area contributed by atoms with Gasteiger partial charge in [0, 0.05) is 27.1 Å². The minimum atomic E-state index is -0.0664. The molecule has 2 fully saturated rings. The number of methoxy groups -OCH3 is 1. The average Bonchev–Trinajstić information content (AvgIpc) is 2.29. The first-order valence-electron chi connectivity index (χ1n) is 6.75. The topological polar surface area (TPSA) is 32.8 Å². The zero-order chi connectivity index (χ0) is 12.3. The Morgan fingerprint density at radius 1 is 1.24 bits per heavy atom. The Morgan fingerprint density at radius 2 is 1.88 bits per heavy atom. The van der Waals surface area contributed by atoms with Crippen LogP contribution in [0.1, 0.15) is 45.4 Å². The van der Waals surface area contributed by atoms with Crippen molar-refractivity contribution in [1.82, 2.24) is 10.0 Å². The summed E-state index contributed by atoms with van der Waals surface area (Å²) in [6.45, 7) is 4.42. The molecule has 1 heterocycles. The fraction of sp³-hybridized carbons (Fsp3) is 0.923. The summed E-state index contributed by atoms with van der Waals surface area (Å²) in [5.74, 6) is 0.148. The molecule has 1 saturated carbocycles. The van der Waals surface area contributed by atoms with Crippen molar-refractivity contribution in [1.29, 1.82) is 0 Å². The van der Waals surface area contributed by atoms with Gasteiger partial charge in [-0.05, 0) is 32.1 Å². The molecule has 2 aliphatic rings. The Morgan fingerprint density at radius 3 is 2.29 bits per heavy atom. The van der Waals surface area contributed by atoms with Gasteiger partial charge in [-0.3, -0.25) is 9.80 Å². The molecule has 17 heavy (non-hydrogen) atoms. The molecule has 0 N–H and O–H groups in total. The lowest BCUT2D eigenvalue weighted by molar-refractivity contribution is -0.169. The highest BCUT2D eigenvalue weighted by atomic mass is 16.5. The lowest BCUT2D eigenvalue weighted by Crippen LogP contribution is -2.57. The number of nitrogens with zero attached hydrogens (tertiary/aromatic N) is 2. The third-order valence-corrected chi connectivity index (χ3v) is 4.17. The molecule has 1 aliphatic carbocycles. The van der Waals surface area contributed by atoms with Gasteiger partial charge >= 0.3 is 0 Å². The van der Waals surface area contributed by atoms with Crippen molar-refractivity contribution in [2.24, 2.45) is 0 Å². The number of piperidine rings is 1. The molecule has 0 atom stereocenters. The van der Waals surface area contributed by atoms with Crippen LogP contribution in [0.2, 0.25) is 0 Å². The molecule has 2 rings (SSSR count). The van der Waals surface area contributed by atoms with Gasteiger partial charge in [-0.25, -0.2) is 5.01 Å². The summed E-state index contributed by atoms with van der Waals surface area (Å²) in [4.78, 5) is 11.8. The van der Waals surface area contributed by atoms with Gasteiger partial charge in [0.2, 0.25) is 5.91 Å². The van der Waals surface area contributed by atoms with Crippen molar-refractivity contribution in [2.45, 2.75) is 51.0 Å². The Kier molecular flexibility index (Phi) is 4.05. The molecular weight excluding hydrogens is 216 g/mol. The van der Waals surface area contributed by atoms with E-state index in [1.165, 1.54) is 25.7 Å². The number of carbonyl (C=O) groups is 1. The molecule has 0 aromatic heterocycles. The maximum Gasteiger partial charge on any atom is 0.233 e. The van der Waals surface area contributed by atoms with Gasteiger partial charge < -0.3 is 4.74 Å². The van der Waals surface area contributed by atoms with Crippen LogP contribution in [-0.2, 0) is 9.53 Å². The third kappa shape index (κ3) is 2.80. The van der Waals surface area contributed by atoms with E-state index in [1.807, 2.05) is 5.01 Å². The second-order valence-corrected chi connectivity index (χ2v) is 5.33. The fourth-order valence-electron chi connectivity index (χ4n) is 2.80. The number of hydrazine groups is 1. The molecule has 0 radical (unpaired) electrons. The van der Waals surface area contributed by atoms with Crippen LogP contribution in [0.25, 0.3) is 0 Å². The Hall–Kier alpha value is -0.610. The summed E-state index contributed by atoms with van der Waals surface area (Å²) in [6.07, 6.45) is 7.08. The minimum Gasteiger partial charge on any atom is -0.376 e. The Labute approximate surface area is 104 Å². The summed E-state index contributed by atoms with van der Waals surface area (Å²) in [5, 5.41) is 4.13. The number of hydrogen-bond donors (Lipinski definition) is 0. The van der Waals surface area contributed by atoms with Gasteiger partial charge in [0.25, 0.3) is 0 Å². The molecule has 4 nitrogen and oxygen atoms in total. The SMILES string of the molecule is COC1(CN(C(C)=O)N2CCCCC2)CCC1. The van der Waals surface area contributed by atoms with Crippen molar-refractivity contribution in [2.75, 3.05) is 26.7 Å². The molecule has 0 aromatic rings. The lowest BCUT2D eigenvalue weighted by Gasteiger charge is -2.47. The molecule has 0 spiro atoms. The largest absolute Gasteiger partial charge is 0.376 e. The summed E-state index contributed by atoms with van der Waals surface area (Å²) in [6, 6.07) is 0. The van der Waals surface area contributed by atoms with Crippen molar-refractivity contribution in [3.63, 3.8) is 0 Å². The zero-order valence-electron chi connectivity index (χ0n) is 11.1. The first-order chi connectivity index (χ1) is 8.17. The third-order valence-electron chi connectivity index (χ3n) is 4.17. The highest BCUT2D eigenvalue weighted by molar-refractivity contribution is 5.72. The second-order valence-electron chi connectivity index (χ2n) is 5.33.